The van der Waals surface area contributed by atoms with Gasteiger partial charge in [0.25, 0.3) is 0 Å². The summed E-state index contributed by atoms with van der Waals surface area (Å²) < 4.78 is 1.97. The highest BCUT2D eigenvalue weighted by Crippen LogP contribution is 2.24. The zero-order chi connectivity index (χ0) is 14.3. The van der Waals surface area contributed by atoms with E-state index >= 15 is 0 Å². The fourth-order valence-electron chi connectivity index (χ4n) is 2.46. The lowest BCUT2D eigenvalue weighted by molar-refractivity contribution is 0.0973. The fourth-order valence-corrected chi connectivity index (χ4v) is 3.58. The number of fused-ring (bicyclic) bond motifs is 1. The number of carbonyl (C=O) groups excluding carboxylic acids is 1. The molecule has 0 fully saturated rings. The van der Waals surface area contributed by atoms with Crippen molar-refractivity contribution in [3.63, 3.8) is 0 Å². The lowest BCUT2D eigenvalue weighted by atomic mass is 10.1. The highest BCUT2D eigenvalue weighted by Gasteiger charge is 2.13. The van der Waals surface area contributed by atoms with Crippen molar-refractivity contribution < 1.29 is 4.79 Å². The first-order valence-corrected chi connectivity index (χ1v) is 7.58. The number of hydrogen-bond donors (Lipinski definition) is 0. The van der Waals surface area contributed by atoms with Crippen LogP contribution in [0.1, 0.15) is 20.1 Å². The summed E-state index contributed by atoms with van der Waals surface area (Å²) in [6, 6.07) is 9.69. The SMILES string of the molecule is Cc1cc(C(=O)Cn2ccc3cc(Cl)ccc32)c(C)s1. The standard InChI is InChI=1S/C16H14ClNOS/c1-10-7-14(11(2)20-10)16(19)9-18-6-5-12-8-13(17)3-4-15(12)18/h3-8H,9H2,1-2H3. The van der Waals surface area contributed by atoms with Crippen LogP contribution in [-0.2, 0) is 6.54 Å². The van der Waals surface area contributed by atoms with Gasteiger partial charge in [0.05, 0.1) is 6.54 Å². The van der Waals surface area contributed by atoms with E-state index < -0.39 is 0 Å². The Labute approximate surface area is 126 Å². The summed E-state index contributed by atoms with van der Waals surface area (Å²) in [5, 5.41) is 1.77. The lowest BCUT2D eigenvalue weighted by Gasteiger charge is -2.05. The molecular formula is C16H14ClNOS. The fraction of sp³-hybridized carbons (Fsp3) is 0.188. The van der Waals surface area contributed by atoms with Gasteiger partial charge >= 0.3 is 0 Å². The molecule has 0 saturated carbocycles. The third-order valence-electron chi connectivity index (χ3n) is 3.39. The Morgan fingerprint density at radius 1 is 1.25 bits per heavy atom. The maximum Gasteiger partial charge on any atom is 0.183 e. The Hall–Kier alpha value is -1.58. The van der Waals surface area contributed by atoms with Crippen LogP contribution in [0.15, 0.2) is 36.5 Å². The number of carbonyl (C=O) groups is 1. The van der Waals surface area contributed by atoms with Crippen LogP contribution in [0.2, 0.25) is 5.02 Å². The van der Waals surface area contributed by atoms with Crippen molar-refractivity contribution in [1.82, 2.24) is 4.57 Å². The van der Waals surface area contributed by atoms with Gasteiger partial charge in [0.2, 0.25) is 0 Å². The van der Waals surface area contributed by atoms with Gasteiger partial charge in [-0.05, 0) is 44.2 Å². The average Bonchev–Trinajstić information content (AvgIpc) is 2.93. The van der Waals surface area contributed by atoms with E-state index in [1.165, 1.54) is 4.88 Å². The normalized spacial score (nSPS) is 11.2. The molecule has 2 heterocycles. The van der Waals surface area contributed by atoms with Crippen molar-refractivity contribution in [2.45, 2.75) is 20.4 Å². The average molecular weight is 304 g/mol. The van der Waals surface area contributed by atoms with Gasteiger partial charge in [-0.15, -0.1) is 11.3 Å². The Balaban J connectivity index is 1.93. The van der Waals surface area contributed by atoms with Gasteiger partial charge in [0.1, 0.15) is 0 Å². The van der Waals surface area contributed by atoms with E-state index in [2.05, 4.69) is 0 Å². The van der Waals surface area contributed by atoms with Crippen molar-refractivity contribution in [3.05, 3.63) is 56.9 Å². The van der Waals surface area contributed by atoms with E-state index in [0.717, 1.165) is 21.3 Å². The molecule has 2 aromatic heterocycles. The molecule has 0 spiro atoms. The number of rotatable bonds is 3. The largest absolute Gasteiger partial charge is 0.340 e. The van der Waals surface area contributed by atoms with Gasteiger partial charge in [-0.3, -0.25) is 4.79 Å². The quantitative estimate of drug-likeness (QED) is 0.634. The van der Waals surface area contributed by atoms with E-state index in [4.69, 9.17) is 11.6 Å². The second kappa shape index (κ2) is 5.08. The second-order valence-electron chi connectivity index (χ2n) is 4.90. The Bertz CT molecular complexity index is 800. The summed E-state index contributed by atoms with van der Waals surface area (Å²) in [6.07, 6.45) is 1.94. The predicted molar refractivity (Wildman–Crippen MR) is 85.1 cm³/mol. The molecule has 3 aromatic rings. The topological polar surface area (TPSA) is 22.0 Å². The third-order valence-corrected chi connectivity index (χ3v) is 4.59. The highest BCUT2D eigenvalue weighted by molar-refractivity contribution is 7.12. The Morgan fingerprint density at radius 2 is 2.05 bits per heavy atom. The van der Waals surface area contributed by atoms with Crippen LogP contribution in [-0.4, -0.2) is 10.4 Å². The second-order valence-corrected chi connectivity index (χ2v) is 6.79. The van der Waals surface area contributed by atoms with E-state index in [1.54, 1.807) is 11.3 Å². The van der Waals surface area contributed by atoms with Crippen LogP contribution in [0.4, 0.5) is 0 Å². The number of Topliss-reactive ketones (excluding diaryl/α,β-unsaturated/α-hetero) is 1. The van der Waals surface area contributed by atoms with Gasteiger partial charge in [-0.25, -0.2) is 0 Å². The number of nitrogens with zero attached hydrogens (tertiary/aromatic N) is 1. The molecule has 0 N–H and O–H groups in total. The molecular weight excluding hydrogens is 290 g/mol. The first-order valence-electron chi connectivity index (χ1n) is 6.39. The molecule has 2 nitrogen and oxygen atoms in total. The minimum Gasteiger partial charge on any atom is -0.340 e. The molecule has 1 aromatic carbocycles. The monoisotopic (exact) mass is 303 g/mol. The van der Waals surface area contributed by atoms with E-state index in [0.29, 0.717) is 11.6 Å². The minimum absolute atomic E-state index is 0.152. The van der Waals surface area contributed by atoms with E-state index in [9.17, 15) is 4.79 Å². The third kappa shape index (κ3) is 2.39. The van der Waals surface area contributed by atoms with Crippen LogP contribution in [0.3, 0.4) is 0 Å². The number of ketones is 1. The molecule has 0 amide bonds. The summed E-state index contributed by atoms with van der Waals surface area (Å²) in [7, 11) is 0. The molecule has 0 saturated heterocycles. The number of aryl methyl sites for hydroxylation is 2. The van der Waals surface area contributed by atoms with Gasteiger partial charge in [-0.2, -0.15) is 0 Å². The molecule has 0 unspecified atom stereocenters. The molecule has 0 aliphatic carbocycles. The Morgan fingerprint density at radius 3 is 2.75 bits per heavy atom. The molecule has 0 radical (unpaired) electrons. The smallest absolute Gasteiger partial charge is 0.183 e. The van der Waals surface area contributed by atoms with Crippen molar-refractivity contribution in [1.29, 1.82) is 0 Å². The molecule has 20 heavy (non-hydrogen) atoms. The number of hydrogen-bond acceptors (Lipinski definition) is 2. The highest BCUT2D eigenvalue weighted by atomic mass is 35.5. The van der Waals surface area contributed by atoms with Gasteiger partial charge in [0, 0.05) is 37.4 Å². The zero-order valence-electron chi connectivity index (χ0n) is 11.3. The maximum absolute atomic E-state index is 12.4. The van der Waals surface area contributed by atoms with Crippen LogP contribution >= 0.6 is 22.9 Å². The van der Waals surface area contributed by atoms with Gasteiger partial charge in [-0.1, -0.05) is 11.6 Å². The van der Waals surface area contributed by atoms with Crippen molar-refractivity contribution in [2.75, 3.05) is 0 Å². The molecule has 0 aliphatic rings. The first kappa shape index (κ1) is 13.4. The van der Waals surface area contributed by atoms with Crippen LogP contribution in [0.5, 0.6) is 0 Å². The molecule has 0 aliphatic heterocycles. The molecule has 0 bridgehead atoms. The van der Waals surface area contributed by atoms with Gasteiger partial charge in [0.15, 0.2) is 5.78 Å². The minimum atomic E-state index is 0.152. The first-order chi connectivity index (χ1) is 9.54. The van der Waals surface area contributed by atoms with E-state index in [-0.39, 0.29) is 5.78 Å². The van der Waals surface area contributed by atoms with Crippen molar-refractivity contribution >= 4 is 39.6 Å². The van der Waals surface area contributed by atoms with Crippen LogP contribution in [0, 0.1) is 13.8 Å². The van der Waals surface area contributed by atoms with E-state index in [1.807, 2.05) is 54.9 Å². The summed E-state index contributed by atoms with van der Waals surface area (Å²) >= 11 is 7.65. The molecule has 0 atom stereocenters. The van der Waals surface area contributed by atoms with Crippen LogP contribution in [0.25, 0.3) is 10.9 Å². The number of halogens is 1. The summed E-state index contributed by atoms with van der Waals surface area (Å²) in [5.74, 6) is 0.152. The maximum atomic E-state index is 12.4. The molecule has 102 valence electrons. The summed E-state index contributed by atoms with van der Waals surface area (Å²) in [5.41, 5.74) is 1.87. The summed E-state index contributed by atoms with van der Waals surface area (Å²) in [6.45, 7) is 4.39. The molecule has 3 rings (SSSR count). The zero-order valence-corrected chi connectivity index (χ0v) is 12.9. The van der Waals surface area contributed by atoms with Crippen molar-refractivity contribution in [3.8, 4) is 0 Å². The Kier molecular flexibility index (Phi) is 3.40. The number of aromatic nitrogens is 1. The predicted octanol–water partition coefficient (Wildman–Crippen LogP) is 4.86. The van der Waals surface area contributed by atoms with Crippen LogP contribution < -0.4 is 0 Å². The molecule has 4 heteroatoms. The van der Waals surface area contributed by atoms with Crippen molar-refractivity contribution in [2.24, 2.45) is 0 Å². The number of benzene rings is 1. The number of thiophene rings is 1. The van der Waals surface area contributed by atoms with Gasteiger partial charge < -0.3 is 4.57 Å². The lowest BCUT2D eigenvalue weighted by Crippen LogP contribution is -2.09. The summed E-state index contributed by atoms with van der Waals surface area (Å²) in [4.78, 5) is 14.7.